The second-order valence-electron chi connectivity index (χ2n) is 6.01. The predicted octanol–water partition coefficient (Wildman–Crippen LogP) is 1.98. The lowest BCUT2D eigenvalue weighted by Crippen LogP contribution is -2.37. The first-order valence-corrected chi connectivity index (χ1v) is 6.80. The van der Waals surface area contributed by atoms with Crippen LogP contribution in [0.5, 0.6) is 0 Å². The van der Waals surface area contributed by atoms with Crippen molar-refractivity contribution < 1.29 is 4.79 Å². The van der Waals surface area contributed by atoms with Gasteiger partial charge in [0, 0.05) is 13.6 Å². The van der Waals surface area contributed by atoms with Crippen molar-refractivity contribution in [1.29, 1.82) is 0 Å². The molecule has 0 saturated carbocycles. The maximum Gasteiger partial charge on any atom is 0.271 e. The fourth-order valence-corrected chi connectivity index (χ4v) is 1.72. The summed E-state index contributed by atoms with van der Waals surface area (Å²) in [6.07, 6.45) is 0.727. The van der Waals surface area contributed by atoms with E-state index in [0.29, 0.717) is 23.8 Å². The number of carbonyl (C=O) groups is 1. The Hall–Kier alpha value is -1.52. The van der Waals surface area contributed by atoms with Gasteiger partial charge in [-0.15, -0.1) is 0 Å². The highest BCUT2D eigenvalue weighted by molar-refractivity contribution is 5.98. The first-order valence-electron chi connectivity index (χ1n) is 6.80. The molecule has 5 nitrogen and oxygen atoms in total. The van der Waals surface area contributed by atoms with E-state index in [-0.39, 0.29) is 11.3 Å². The van der Waals surface area contributed by atoms with Crippen molar-refractivity contribution in [3.8, 4) is 0 Å². The number of nitrogens with two attached hydrogens (primary N) is 1. The van der Waals surface area contributed by atoms with E-state index >= 15 is 0 Å². The van der Waals surface area contributed by atoms with E-state index in [1.54, 1.807) is 11.7 Å². The SMILES string of the molecule is CCc1nn(C)c(C(=O)NCC(C)(C)C(C)C)c1N. The van der Waals surface area contributed by atoms with Crippen molar-refractivity contribution in [2.45, 2.75) is 41.0 Å². The van der Waals surface area contributed by atoms with E-state index in [1.165, 1.54) is 0 Å². The number of hydrogen-bond donors (Lipinski definition) is 2. The van der Waals surface area contributed by atoms with Gasteiger partial charge >= 0.3 is 0 Å². The van der Waals surface area contributed by atoms with Crippen LogP contribution >= 0.6 is 0 Å². The Morgan fingerprint density at radius 1 is 1.47 bits per heavy atom. The van der Waals surface area contributed by atoms with Crippen LogP contribution in [0.3, 0.4) is 0 Å². The Labute approximate surface area is 115 Å². The molecule has 3 N–H and O–H groups in total. The summed E-state index contributed by atoms with van der Waals surface area (Å²) in [6.45, 7) is 11.2. The van der Waals surface area contributed by atoms with Crippen LogP contribution in [0.25, 0.3) is 0 Å². The zero-order valence-corrected chi connectivity index (χ0v) is 12.9. The Bertz CT molecular complexity index is 460. The van der Waals surface area contributed by atoms with Crippen LogP contribution in [-0.2, 0) is 13.5 Å². The zero-order chi connectivity index (χ0) is 14.8. The molecule has 1 rings (SSSR count). The molecular weight excluding hydrogens is 240 g/mol. The summed E-state index contributed by atoms with van der Waals surface area (Å²) in [4.78, 5) is 12.2. The molecule has 0 unspecified atom stereocenters. The summed E-state index contributed by atoms with van der Waals surface area (Å²) in [5.41, 5.74) is 7.74. The smallest absolute Gasteiger partial charge is 0.271 e. The molecule has 0 aliphatic heterocycles. The summed E-state index contributed by atoms with van der Waals surface area (Å²) in [7, 11) is 1.75. The number of amides is 1. The van der Waals surface area contributed by atoms with Gasteiger partial charge in [0.2, 0.25) is 0 Å². The number of anilines is 1. The second kappa shape index (κ2) is 5.63. The first-order chi connectivity index (χ1) is 8.70. The third-order valence-corrected chi connectivity index (χ3v) is 3.98. The lowest BCUT2D eigenvalue weighted by atomic mass is 9.81. The topological polar surface area (TPSA) is 72.9 Å². The number of rotatable bonds is 5. The molecule has 0 aromatic carbocycles. The molecule has 19 heavy (non-hydrogen) atoms. The van der Waals surface area contributed by atoms with Gasteiger partial charge in [-0.2, -0.15) is 5.10 Å². The number of nitrogen functional groups attached to an aromatic ring is 1. The summed E-state index contributed by atoms with van der Waals surface area (Å²) in [5.74, 6) is 0.337. The molecule has 0 saturated heterocycles. The molecule has 108 valence electrons. The van der Waals surface area contributed by atoms with Crippen molar-refractivity contribution >= 4 is 11.6 Å². The lowest BCUT2D eigenvalue weighted by molar-refractivity contribution is 0.0916. The second-order valence-corrected chi connectivity index (χ2v) is 6.01. The molecule has 0 fully saturated rings. The van der Waals surface area contributed by atoms with Crippen LogP contribution in [0, 0.1) is 11.3 Å². The lowest BCUT2D eigenvalue weighted by Gasteiger charge is -2.29. The molecule has 0 spiro atoms. The minimum Gasteiger partial charge on any atom is -0.395 e. The molecule has 1 aromatic rings. The number of hydrogen-bond acceptors (Lipinski definition) is 3. The van der Waals surface area contributed by atoms with Crippen LogP contribution in [0.1, 0.15) is 50.8 Å². The fourth-order valence-electron chi connectivity index (χ4n) is 1.72. The van der Waals surface area contributed by atoms with E-state index in [2.05, 4.69) is 38.1 Å². The van der Waals surface area contributed by atoms with Gasteiger partial charge in [-0.3, -0.25) is 9.48 Å². The van der Waals surface area contributed by atoms with Crippen molar-refractivity contribution in [3.05, 3.63) is 11.4 Å². The maximum absolute atomic E-state index is 12.2. The van der Waals surface area contributed by atoms with Crippen LogP contribution in [0.4, 0.5) is 5.69 Å². The Morgan fingerprint density at radius 3 is 2.47 bits per heavy atom. The first kappa shape index (κ1) is 15.5. The molecular formula is C14H26N4O. The average Bonchev–Trinajstić information content (AvgIpc) is 2.61. The van der Waals surface area contributed by atoms with Gasteiger partial charge in [0.05, 0.1) is 11.4 Å². The number of aryl methyl sites for hydroxylation is 2. The Morgan fingerprint density at radius 2 is 2.05 bits per heavy atom. The fraction of sp³-hybridized carbons (Fsp3) is 0.714. The van der Waals surface area contributed by atoms with E-state index in [1.807, 2.05) is 6.92 Å². The molecule has 0 aliphatic rings. The van der Waals surface area contributed by atoms with Gasteiger partial charge in [0.1, 0.15) is 5.69 Å². The van der Waals surface area contributed by atoms with E-state index in [9.17, 15) is 4.79 Å². The van der Waals surface area contributed by atoms with Crippen molar-refractivity contribution in [2.75, 3.05) is 12.3 Å². The van der Waals surface area contributed by atoms with Gasteiger partial charge in [-0.1, -0.05) is 34.6 Å². The van der Waals surface area contributed by atoms with Crippen LogP contribution in [-0.4, -0.2) is 22.2 Å². The van der Waals surface area contributed by atoms with Crippen molar-refractivity contribution in [2.24, 2.45) is 18.4 Å². The molecule has 1 amide bonds. The molecule has 0 aliphatic carbocycles. The minimum atomic E-state index is -0.152. The van der Waals surface area contributed by atoms with E-state index in [0.717, 1.165) is 12.1 Å². The molecule has 5 heteroatoms. The van der Waals surface area contributed by atoms with Gasteiger partial charge in [-0.25, -0.2) is 0 Å². The Kier molecular flexibility index (Phi) is 4.61. The highest BCUT2D eigenvalue weighted by atomic mass is 16.2. The molecule has 0 bridgehead atoms. The largest absolute Gasteiger partial charge is 0.395 e. The summed E-state index contributed by atoms with van der Waals surface area (Å²) < 4.78 is 1.56. The normalized spacial score (nSPS) is 11.9. The average molecular weight is 266 g/mol. The molecule has 1 aromatic heterocycles. The van der Waals surface area contributed by atoms with E-state index < -0.39 is 0 Å². The van der Waals surface area contributed by atoms with Crippen LogP contribution in [0.15, 0.2) is 0 Å². The summed E-state index contributed by atoms with van der Waals surface area (Å²) >= 11 is 0. The van der Waals surface area contributed by atoms with Crippen molar-refractivity contribution in [3.63, 3.8) is 0 Å². The third-order valence-electron chi connectivity index (χ3n) is 3.98. The minimum absolute atomic E-state index is 0.0522. The van der Waals surface area contributed by atoms with E-state index in [4.69, 9.17) is 5.73 Å². The van der Waals surface area contributed by atoms with Crippen LogP contribution in [0.2, 0.25) is 0 Å². The van der Waals surface area contributed by atoms with Crippen LogP contribution < -0.4 is 11.1 Å². The highest BCUT2D eigenvalue weighted by Crippen LogP contribution is 2.25. The Balaban J connectivity index is 2.83. The highest BCUT2D eigenvalue weighted by Gasteiger charge is 2.25. The van der Waals surface area contributed by atoms with Gasteiger partial charge in [0.15, 0.2) is 0 Å². The molecule has 0 radical (unpaired) electrons. The zero-order valence-electron chi connectivity index (χ0n) is 12.9. The van der Waals surface area contributed by atoms with Gasteiger partial charge < -0.3 is 11.1 Å². The molecule has 1 heterocycles. The third kappa shape index (κ3) is 3.28. The summed E-state index contributed by atoms with van der Waals surface area (Å²) in [5, 5.41) is 7.22. The maximum atomic E-state index is 12.2. The number of nitrogens with zero attached hydrogens (tertiary/aromatic N) is 2. The number of carbonyl (C=O) groups excluding carboxylic acids is 1. The standard InChI is InChI=1S/C14H26N4O/c1-7-10-11(15)12(18(6)17-10)13(19)16-8-14(4,5)9(2)3/h9H,7-8,15H2,1-6H3,(H,16,19). The quantitative estimate of drug-likeness (QED) is 0.856. The molecule has 0 atom stereocenters. The number of nitrogens with one attached hydrogen (secondary N) is 1. The summed E-state index contributed by atoms with van der Waals surface area (Å²) in [6, 6.07) is 0. The van der Waals surface area contributed by atoms with Gasteiger partial charge in [0.25, 0.3) is 5.91 Å². The number of aromatic nitrogens is 2. The predicted molar refractivity (Wildman–Crippen MR) is 78.0 cm³/mol. The monoisotopic (exact) mass is 266 g/mol. The van der Waals surface area contributed by atoms with Crippen molar-refractivity contribution in [1.82, 2.24) is 15.1 Å². The van der Waals surface area contributed by atoms with Gasteiger partial charge in [-0.05, 0) is 17.8 Å².